The molecule has 24 heavy (non-hydrogen) atoms. The van der Waals surface area contributed by atoms with Gasteiger partial charge in [-0.15, -0.1) is 0 Å². The second-order valence-electron chi connectivity index (χ2n) is 9.29. The van der Waals surface area contributed by atoms with Gasteiger partial charge in [0.25, 0.3) is 0 Å². The average molecular weight is 337 g/mol. The van der Waals surface area contributed by atoms with Gasteiger partial charge in [-0.05, 0) is 74.9 Å². The molecule has 0 aliphatic carbocycles. The first-order chi connectivity index (χ1) is 11.2. The smallest absolute Gasteiger partial charge is 0.0202 e. The van der Waals surface area contributed by atoms with Gasteiger partial charge in [0.1, 0.15) is 0 Å². The fourth-order valence-electron chi connectivity index (χ4n) is 4.86. The zero-order valence-corrected chi connectivity index (χ0v) is 17.6. The molecule has 1 fully saturated rings. The Labute approximate surface area is 152 Å². The summed E-state index contributed by atoms with van der Waals surface area (Å²) in [5.74, 6) is 1.44. The van der Waals surface area contributed by atoms with Crippen molar-refractivity contribution in [1.29, 1.82) is 0 Å². The van der Waals surface area contributed by atoms with Crippen LogP contribution in [0.15, 0.2) is 12.8 Å². The van der Waals surface area contributed by atoms with Crippen LogP contribution >= 0.6 is 0 Å². The van der Waals surface area contributed by atoms with Gasteiger partial charge in [0.15, 0.2) is 0 Å². The maximum Gasteiger partial charge on any atom is 0.0202 e. The van der Waals surface area contributed by atoms with Crippen LogP contribution in [0.2, 0.25) is 0 Å². The molecule has 1 heterocycles. The monoisotopic (exact) mass is 336 g/mol. The second-order valence-corrected chi connectivity index (χ2v) is 9.29. The normalized spacial score (nSPS) is 25.9. The SMILES string of the molecule is C=CNCC(CCC)(C(C)C)C(C)CCC1(C)CCN(C(C)C)C1. The lowest BCUT2D eigenvalue weighted by molar-refractivity contribution is 0.0719. The average Bonchev–Trinajstić information content (AvgIpc) is 2.92. The third-order valence-electron chi connectivity index (χ3n) is 6.92. The topological polar surface area (TPSA) is 15.3 Å². The van der Waals surface area contributed by atoms with Crippen LogP contribution in [0.4, 0.5) is 0 Å². The van der Waals surface area contributed by atoms with Crippen molar-refractivity contribution in [3.8, 4) is 0 Å². The molecule has 0 saturated carbocycles. The van der Waals surface area contributed by atoms with Crippen molar-refractivity contribution in [2.24, 2.45) is 22.7 Å². The van der Waals surface area contributed by atoms with Crippen molar-refractivity contribution in [2.45, 2.75) is 86.6 Å². The van der Waals surface area contributed by atoms with E-state index in [1.807, 2.05) is 6.20 Å². The van der Waals surface area contributed by atoms with Crippen LogP contribution < -0.4 is 5.32 Å². The van der Waals surface area contributed by atoms with Gasteiger partial charge in [-0.3, -0.25) is 0 Å². The van der Waals surface area contributed by atoms with Crippen molar-refractivity contribution >= 4 is 0 Å². The van der Waals surface area contributed by atoms with Crippen molar-refractivity contribution in [3.05, 3.63) is 12.8 Å². The Balaban J connectivity index is 2.74. The molecule has 1 N–H and O–H groups in total. The summed E-state index contributed by atoms with van der Waals surface area (Å²) in [5, 5.41) is 3.45. The van der Waals surface area contributed by atoms with Crippen LogP contribution in [0.25, 0.3) is 0 Å². The van der Waals surface area contributed by atoms with Crippen LogP contribution in [-0.2, 0) is 0 Å². The first-order valence-electron chi connectivity index (χ1n) is 10.3. The number of likely N-dealkylation sites (tertiary alicyclic amines) is 1. The maximum absolute atomic E-state index is 3.87. The van der Waals surface area contributed by atoms with Crippen LogP contribution in [0.1, 0.15) is 80.6 Å². The Hall–Kier alpha value is -0.500. The Bertz CT molecular complexity index is 376. The minimum absolute atomic E-state index is 0.385. The highest BCUT2D eigenvalue weighted by molar-refractivity contribution is 4.93. The zero-order chi connectivity index (χ0) is 18.4. The number of nitrogens with zero attached hydrogens (tertiary/aromatic N) is 1. The first-order valence-corrected chi connectivity index (χ1v) is 10.3. The molecule has 0 aromatic rings. The number of rotatable bonds is 11. The second kappa shape index (κ2) is 9.27. The van der Waals surface area contributed by atoms with Crippen molar-refractivity contribution in [3.63, 3.8) is 0 Å². The lowest BCUT2D eigenvalue weighted by atomic mass is 9.63. The summed E-state index contributed by atoms with van der Waals surface area (Å²) in [7, 11) is 0. The van der Waals surface area contributed by atoms with Crippen molar-refractivity contribution in [2.75, 3.05) is 19.6 Å². The molecule has 0 amide bonds. The van der Waals surface area contributed by atoms with Gasteiger partial charge in [-0.1, -0.05) is 47.6 Å². The summed E-state index contributed by atoms with van der Waals surface area (Å²) in [6.07, 6.45) is 8.52. The summed E-state index contributed by atoms with van der Waals surface area (Å²) >= 11 is 0. The first kappa shape index (κ1) is 21.5. The standard InChI is InChI=1S/C22H44N2/c1-9-12-22(18(3)4,16-23-10-2)20(7)11-13-21(8)14-15-24(17-21)19(5)6/h10,18-20,23H,2,9,11-17H2,1,3-8H3. The predicted octanol–water partition coefficient (Wildman–Crippen LogP) is 5.70. The van der Waals surface area contributed by atoms with Crippen LogP contribution in [0.3, 0.4) is 0 Å². The van der Waals surface area contributed by atoms with Gasteiger partial charge in [0.2, 0.25) is 0 Å². The largest absolute Gasteiger partial charge is 0.391 e. The molecule has 0 aromatic heterocycles. The van der Waals surface area contributed by atoms with Gasteiger partial charge in [0, 0.05) is 19.1 Å². The Morgan fingerprint density at radius 3 is 2.38 bits per heavy atom. The van der Waals surface area contributed by atoms with E-state index in [4.69, 9.17) is 0 Å². The summed E-state index contributed by atoms with van der Waals surface area (Å²) in [5.41, 5.74) is 0.898. The summed E-state index contributed by atoms with van der Waals surface area (Å²) in [6, 6.07) is 0.691. The lowest BCUT2D eigenvalue weighted by Crippen LogP contribution is -2.43. The van der Waals surface area contributed by atoms with E-state index in [1.165, 1.54) is 45.2 Å². The molecule has 0 bridgehead atoms. The van der Waals surface area contributed by atoms with Gasteiger partial charge >= 0.3 is 0 Å². The lowest BCUT2D eigenvalue weighted by Gasteiger charge is -2.44. The number of hydrogen-bond acceptors (Lipinski definition) is 2. The van der Waals surface area contributed by atoms with E-state index in [2.05, 4.69) is 65.3 Å². The third-order valence-corrected chi connectivity index (χ3v) is 6.92. The molecule has 1 saturated heterocycles. The summed E-state index contributed by atoms with van der Waals surface area (Å²) in [4.78, 5) is 2.66. The Morgan fingerprint density at radius 1 is 1.25 bits per heavy atom. The summed E-state index contributed by atoms with van der Waals surface area (Å²) in [6.45, 7) is 24.3. The van der Waals surface area contributed by atoms with E-state index >= 15 is 0 Å². The Morgan fingerprint density at radius 2 is 1.92 bits per heavy atom. The molecule has 1 aliphatic rings. The fourth-order valence-corrected chi connectivity index (χ4v) is 4.86. The molecule has 1 rings (SSSR count). The fraction of sp³-hybridized carbons (Fsp3) is 0.909. The molecule has 0 aromatic carbocycles. The molecule has 1 aliphatic heterocycles. The van der Waals surface area contributed by atoms with Gasteiger partial charge in [-0.2, -0.15) is 0 Å². The quantitative estimate of drug-likeness (QED) is 0.521. The molecule has 0 spiro atoms. The van der Waals surface area contributed by atoms with Crippen LogP contribution in [0, 0.1) is 22.7 Å². The van der Waals surface area contributed by atoms with Gasteiger partial charge in [0.05, 0.1) is 0 Å². The Kier molecular flexibility index (Phi) is 8.32. The molecular weight excluding hydrogens is 292 g/mol. The van der Waals surface area contributed by atoms with Gasteiger partial charge in [-0.25, -0.2) is 0 Å². The summed E-state index contributed by atoms with van der Waals surface area (Å²) < 4.78 is 0. The highest BCUT2D eigenvalue weighted by Crippen LogP contribution is 2.45. The molecule has 2 nitrogen and oxygen atoms in total. The van der Waals surface area contributed by atoms with E-state index in [1.54, 1.807) is 0 Å². The van der Waals surface area contributed by atoms with E-state index in [9.17, 15) is 0 Å². The highest BCUT2D eigenvalue weighted by Gasteiger charge is 2.40. The highest BCUT2D eigenvalue weighted by atomic mass is 15.2. The zero-order valence-electron chi connectivity index (χ0n) is 17.6. The molecule has 142 valence electrons. The van der Waals surface area contributed by atoms with Crippen LogP contribution in [0.5, 0.6) is 0 Å². The molecule has 2 heteroatoms. The van der Waals surface area contributed by atoms with E-state index in [0.29, 0.717) is 22.8 Å². The van der Waals surface area contributed by atoms with Gasteiger partial charge < -0.3 is 10.2 Å². The number of hydrogen-bond donors (Lipinski definition) is 1. The van der Waals surface area contributed by atoms with E-state index in [-0.39, 0.29) is 0 Å². The maximum atomic E-state index is 3.87. The molecule has 3 unspecified atom stereocenters. The minimum atomic E-state index is 0.385. The number of nitrogens with one attached hydrogen (secondary N) is 1. The van der Waals surface area contributed by atoms with Crippen molar-refractivity contribution < 1.29 is 0 Å². The van der Waals surface area contributed by atoms with Crippen molar-refractivity contribution in [1.82, 2.24) is 10.2 Å². The van der Waals surface area contributed by atoms with E-state index < -0.39 is 0 Å². The van der Waals surface area contributed by atoms with Crippen LogP contribution in [-0.4, -0.2) is 30.6 Å². The minimum Gasteiger partial charge on any atom is -0.391 e. The third kappa shape index (κ3) is 5.25. The molecule has 3 atom stereocenters. The predicted molar refractivity (Wildman–Crippen MR) is 108 cm³/mol. The molecule has 0 radical (unpaired) electrons. The molecular formula is C22H44N2. The van der Waals surface area contributed by atoms with E-state index in [0.717, 1.165) is 12.5 Å².